The molecular formula is C28H27ClN4O4. The van der Waals surface area contributed by atoms with E-state index in [0.29, 0.717) is 40.5 Å². The van der Waals surface area contributed by atoms with Gasteiger partial charge in [-0.1, -0.05) is 35.0 Å². The summed E-state index contributed by atoms with van der Waals surface area (Å²) in [6, 6.07) is 22.2. The maximum Gasteiger partial charge on any atom is 0.241 e. The van der Waals surface area contributed by atoms with Crippen LogP contribution in [-0.2, 0) is 11.3 Å². The first kappa shape index (κ1) is 24.8. The number of anilines is 1. The molecule has 0 spiro atoms. The van der Waals surface area contributed by atoms with Crippen molar-refractivity contribution in [3.05, 3.63) is 83.7 Å². The third-order valence-electron chi connectivity index (χ3n) is 6.30. The van der Waals surface area contributed by atoms with Crippen LogP contribution in [0.4, 0.5) is 5.69 Å². The molecule has 8 nitrogen and oxygen atoms in total. The minimum absolute atomic E-state index is 0.0422. The third-order valence-corrected chi connectivity index (χ3v) is 6.54. The predicted octanol–water partition coefficient (Wildman–Crippen LogP) is 6.04. The van der Waals surface area contributed by atoms with Crippen LogP contribution in [0.1, 0.15) is 18.7 Å². The van der Waals surface area contributed by atoms with E-state index in [1.807, 2.05) is 54.6 Å². The molecule has 1 aromatic heterocycles. The molecule has 0 bridgehead atoms. The molecule has 1 N–H and O–H groups in total. The maximum atomic E-state index is 13.1. The zero-order valence-electron chi connectivity index (χ0n) is 20.4. The molecule has 5 rings (SSSR count). The second kappa shape index (κ2) is 11.5. The highest BCUT2D eigenvalue weighted by Crippen LogP contribution is 2.33. The maximum absolute atomic E-state index is 13.1. The molecule has 1 aliphatic heterocycles. The van der Waals surface area contributed by atoms with Gasteiger partial charge in [-0.2, -0.15) is 4.98 Å². The first-order chi connectivity index (χ1) is 18.1. The quantitative estimate of drug-likeness (QED) is 0.304. The van der Waals surface area contributed by atoms with E-state index in [9.17, 15) is 4.79 Å². The van der Waals surface area contributed by atoms with E-state index >= 15 is 0 Å². The van der Waals surface area contributed by atoms with Crippen LogP contribution in [0, 0.1) is 5.92 Å². The van der Waals surface area contributed by atoms with Gasteiger partial charge in [0.05, 0.1) is 19.3 Å². The van der Waals surface area contributed by atoms with Crippen molar-refractivity contribution in [2.75, 3.05) is 25.5 Å². The third kappa shape index (κ3) is 6.28. The Kier molecular flexibility index (Phi) is 7.67. The lowest BCUT2D eigenvalue weighted by molar-refractivity contribution is -0.121. The Morgan fingerprint density at radius 1 is 1.05 bits per heavy atom. The molecule has 3 aromatic carbocycles. The molecule has 0 saturated carbocycles. The van der Waals surface area contributed by atoms with Crippen molar-refractivity contribution in [1.82, 2.24) is 15.0 Å². The zero-order chi connectivity index (χ0) is 25.6. The van der Waals surface area contributed by atoms with Gasteiger partial charge in [-0.3, -0.25) is 9.69 Å². The van der Waals surface area contributed by atoms with Crippen molar-refractivity contribution in [3.63, 3.8) is 0 Å². The molecule has 1 fully saturated rings. The fourth-order valence-electron chi connectivity index (χ4n) is 4.26. The highest BCUT2D eigenvalue weighted by atomic mass is 35.5. The van der Waals surface area contributed by atoms with Gasteiger partial charge in [0.1, 0.15) is 11.5 Å². The average molecular weight is 519 g/mol. The number of ether oxygens (including phenoxy) is 2. The summed E-state index contributed by atoms with van der Waals surface area (Å²) in [5.41, 5.74) is 1.42. The SMILES string of the molecule is COc1ccc(-c2noc(CN3CCC(C(=O)Nc4cc(Cl)ccc4Oc4ccccc4)CC3)n2)cc1. The van der Waals surface area contributed by atoms with Crippen molar-refractivity contribution < 1.29 is 18.8 Å². The van der Waals surface area contributed by atoms with Crippen LogP contribution in [0.2, 0.25) is 5.02 Å². The monoisotopic (exact) mass is 518 g/mol. The van der Waals surface area contributed by atoms with Crippen LogP contribution in [-0.4, -0.2) is 41.1 Å². The highest BCUT2D eigenvalue weighted by Gasteiger charge is 2.27. The van der Waals surface area contributed by atoms with Gasteiger partial charge in [0.15, 0.2) is 5.75 Å². The van der Waals surface area contributed by atoms with Crippen molar-refractivity contribution in [2.45, 2.75) is 19.4 Å². The molecule has 1 amide bonds. The molecule has 4 aromatic rings. The van der Waals surface area contributed by atoms with Crippen molar-refractivity contribution in [3.8, 4) is 28.6 Å². The van der Waals surface area contributed by atoms with E-state index in [-0.39, 0.29) is 11.8 Å². The molecular weight excluding hydrogens is 492 g/mol. The number of carbonyl (C=O) groups excluding carboxylic acids is 1. The van der Waals surface area contributed by atoms with Crippen molar-refractivity contribution >= 4 is 23.2 Å². The molecule has 0 radical (unpaired) electrons. The van der Waals surface area contributed by atoms with Crippen LogP contribution in [0.15, 0.2) is 77.3 Å². The summed E-state index contributed by atoms with van der Waals surface area (Å²) in [4.78, 5) is 19.8. The molecule has 0 aliphatic carbocycles. The fraction of sp³-hybridized carbons (Fsp3) is 0.250. The van der Waals surface area contributed by atoms with Gasteiger partial charge in [-0.05, 0) is 80.5 Å². The summed E-state index contributed by atoms with van der Waals surface area (Å²) in [6.07, 6.45) is 1.45. The Bertz CT molecular complexity index is 1340. The van der Waals surface area contributed by atoms with E-state index in [2.05, 4.69) is 20.4 Å². The number of benzene rings is 3. The number of rotatable bonds is 8. The van der Waals surface area contributed by atoms with E-state index in [1.165, 1.54) is 0 Å². The summed E-state index contributed by atoms with van der Waals surface area (Å²) in [6.45, 7) is 2.04. The fourth-order valence-corrected chi connectivity index (χ4v) is 4.43. The van der Waals surface area contributed by atoms with E-state index in [0.717, 1.165) is 37.2 Å². The first-order valence-corrected chi connectivity index (χ1v) is 12.5. The molecule has 0 unspecified atom stereocenters. The Morgan fingerprint density at radius 2 is 1.81 bits per heavy atom. The number of amides is 1. The number of methoxy groups -OCH3 is 1. The zero-order valence-corrected chi connectivity index (χ0v) is 21.1. The van der Waals surface area contributed by atoms with Crippen LogP contribution in [0.5, 0.6) is 17.2 Å². The second-order valence-electron chi connectivity index (χ2n) is 8.84. The molecule has 37 heavy (non-hydrogen) atoms. The Hall–Kier alpha value is -3.88. The number of likely N-dealkylation sites (tertiary alicyclic amines) is 1. The number of carbonyl (C=O) groups is 1. The van der Waals surface area contributed by atoms with Gasteiger partial charge < -0.3 is 19.3 Å². The minimum Gasteiger partial charge on any atom is -0.497 e. The normalized spacial score (nSPS) is 14.3. The Balaban J connectivity index is 1.15. The Labute approximate surface area is 220 Å². The van der Waals surface area contributed by atoms with Gasteiger partial charge in [-0.25, -0.2) is 0 Å². The lowest BCUT2D eigenvalue weighted by Gasteiger charge is -2.30. The molecule has 9 heteroatoms. The second-order valence-corrected chi connectivity index (χ2v) is 9.27. The van der Waals surface area contributed by atoms with Gasteiger partial charge in [0, 0.05) is 16.5 Å². The van der Waals surface area contributed by atoms with Gasteiger partial charge >= 0.3 is 0 Å². The van der Waals surface area contributed by atoms with Crippen molar-refractivity contribution in [2.24, 2.45) is 5.92 Å². The molecule has 0 atom stereocenters. The van der Waals surface area contributed by atoms with Gasteiger partial charge in [0.25, 0.3) is 0 Å². The lowest BCUT2D eigenvalue weighted by atomic mass is 9.96. The standard InChI is InChI=1S/C28H27ClN4O4/c1-35-22-10-7-19(8-11-22)27-31-26(37-32-27)18-33-15-13-20(14-16-33)28(34)30-24-17-21(29)9-12-25(24)36-23-5-3-2-4-6-23/h2-12,17,20H,13-16,18H2,1H3,(H,30,34). The number of halogens is 1. The van der Waals surface area contributed by atoms with E-state index in [1.54, 1.807) is 25.3 Å². The number of piperidine rings is 1. The summed E-state index contributed by atoms with van der Waals surface area (Å²) in [5, 5.41) is 7.65. The van der Waals surface area contributed by atoms with Crippen LogP contribution >= 0.6 is 11.6 Å². The summed E-state index contributed by atoms with van der Waals surface area (Å²) >= 11 is 6.20. The minimum atomic E-state index is -0.114. The largest absolute Gasteiger partial charge is 0.497 e. The number of nitrogens with zero attached hydrogens (tertiary/aromatic N) is 3. The molecule has 190 valence electrons. The van der Waals surface area contributed by atoms with E-state index < -0.39 is 0 Å². The number of hydrogen-bond donors (Lipinski definition) is 1. The topological polar surface area (TPSA) is 89.7 Å². The van der Waals surface area contributed by atoms with Crippen molar-refractivity contribution in [1.29, 1.82) is 0 Å². The van der Waals surface area contributed by atoms with Gasteiger partial charge in [-0.15, -0.1) is 0 Å². The van der Waals surface area contributed by atoms with E-state index in [4.69, 9.17) is 25.6 Å². The number of nitrogens with one attached hydrogen (secondary N) is 1. The molecule has 1 saturated heterocycles. The van der Waals surface area contributed by atoms with Crippen LogP contribution in [0.25, 0.3) is 11.4 Å². The lowest BCUT2D eigenvalue weighted by Crippen LogP contribution is -2.37. The van der Waals surface area contributed by atoms with Crippen LogP contribution in [0.3, 0.4) is 0 Å². The number of hydrogen-bond acceptors (Lipinski definition) is 7. The summed E-state index contributed by atoms with van der Waals surface area (Å²) in [7, 11) is 1.63. The molecule has 1 aliphatic rings. The number of aromatic nitrogens is 2. The Morgan fingerprint density at radius 3 is 2.54 bits per heavy atom. The highest BCUT2D eigenvalue weighted by molar-refractivity contribution is 6.31. The summed E-state index contributed by atoms with van der Waals surface area (Å²) < 4.78 is 16.6. The first-order valence-electron chi connectivity index (χ1n) is 12.1. The van der Waals surface area contributed by atoms with Gasteiger partial charge in [0.2, 0.25) is 17.6 Å². The van der Waals surface area contributed by atoms with Crippen LogP contribution < -0.4 is 14.8 Å². The average Bonchev–Trinajstić information content (AvgIpc) is 3.39. The molecule has 2 heterocycles. The predicted molar refractivity (Wildman–Crippen MR) is 141 cm³/mol. The number of para-hydroxylation sites is 1. The smallest absolute Gasteiger partial charge is 0.241 e. The summed E-state index contributed by atoms with van der Waals surface area (Å²) in [5.74, 6) is 2.94.